The summed E-state index contributed by atoms with van der Waals surface area (Å²) >= 11 is 0. The van der Waals surface area contributed by atoms with Crippen LogP contribution in [0.5, 0.6) is 0 Å². The minimum Gasteiger partial charge on any atom is -0.481 e. The van der Waals surface area contributed by atoms with Gasteiger partial charge in [0.2, 0.25) is 0 Å². The predicted octanol–water partition coefficient (Wildman–Crippen LogP) is 4.73. The quantitative estimate of drug-likeness (QED) is 0.696. The number of hydrogen-bond acceptors (Lipinski definition) is 5. The molecule has 1 aromatic heterocycles. The fraction of sp³-hybridized carbons (Fsp3) is 0.654. The highest BCUT2D eigenvalue weighted by Crippen LogP contribution is 2.41. The number of imidazole rings is 1. The number of carboxylic acid groups (broad SMARTS) is 1. The largest absolute Gasteiger partial charge is 0.481 e. The molecule has 1 saturated heterocycles. The highest BCUT2D eigenvalue weighted by atomic mass is 16.5. The number of carbonyl (C=O) groups excluding carboxylic acids is 1. The zero-order chi connectivity index (χ0) is 23.8. The van der Waals surface area contributed by atoms with E-state index in [0.29, 0.717) is 12.3 Å². The second-order valence-electron chi connectivity index (χ2n) is 10.2. The molecule has 1 amide bonds. The highest BCUT2D eigenvalue weighted by Gasteiger charge is 2.34. The van der Waals surface area contributed by atoms with Crippen LogP contribution in [0, 0.1) is 11.8 Å². The fourth-order valence-electron chi connectivity index (χ4n) is 6.21. The molecule has 2 aliphatic heterocycles. The lowest BCUT2D eigenvalue weighted by atomic mass is 9.85. The van der Waals surface area contributed by atoms with Gasteiger partial charge in [0, 0.05) is 37.3 Å². The minimum absolute atomic E-state index is 0.0656. The van der Waals surface area contributed by atoms with Gasteiger partial charge in [-0.2, -0.15) is 0 Å². The third kappa shape index (κ3) is 4.17. The number of anilines is 1. The third-order valence-electron chi connectivity index (χ3n) is 8.07. The predicted molar refractivity (Wildman–Crippen MR) is 128 cm³/mol. The number of carbonyl (C=O) groups is 2. The van der Waals surface area contributed by atoms with Gasteiger partial charge < -0.3 is 19.1 Å². The zero-order valence-electron chi connectivity index (χ0n) is 20.2. The second kappa shape index (κ2) is 9.56. The Hall–Kier alpha value is -2.61. The fourth-order valence-corrected chi connectivity index (χ4v) is 6.21. The van der Waals surface area contributed by atoms with Gasteiger partial charge >= 0.3 is 12.1 Å². The van der Waals surface area contributed by atoms with Crippen molar-refractivity contribution < 1.29 is 24.2 Å². The van der Waals surface area contributed by atoms with Gasteiger partial charge in [-0.25, -0.2) is 9.78 Å². The molecule has 1 aliphatic carbocycles. The van der Waals surface area contributed by atoms with Gasteiger partial charge in [-0.15, -0.1) is 0 Å². The monoisotopic (exact) mass is 469 g/mol. The van der Waals surface area contributed by atoms with E-state index in [1.54, 1.807) is 4.90 Å². The average molecular weight is 470 g/mol. The molecule has 0 spiro atoms. The molecule has 2 fully saturated rings. The number of aryl methyl sites for hydroxylation is 1. The van der Waals surface area contributed by atoms with E-state index in [-0.39, 0.29) is 24.1 Å². The molecule has 8 heteroatoms. The molecule has 0 radical (unpaired) electrons. The smallest absolute Gasteiger partial charge is 0.414 e. The summed E-state index contributed by atoms with van der Waals surface area (Å²) < 4.78 is 13.0. The lowest BCUT2D eigenvalue weighted by Gasteiger charge is -2.34. The maximum absolute atomic E-state index is 12.6. The number of nitrogens with zero attached hydrogens (tertiary/aromatic N) is 3. The van der Waals surface area contributed by atoms with Crippen molar-refractivity contribution in [1.29, 1.82) is 0 Å². The summed E-state index contributed by atoms with van der Waals surface area (Å²) in [5, 5.41) is 9.70. The van der Waals surface area contributed by atoms with Crippen molar-refractivity contribution in [3.05, 3.63) is 23.5 Å². The molecule has 0 bridgehead atoms. The van der Waals surface area contributed by atoms with Crippen LogP contribution in [0.2, 0.25) is 0 Å². The zero-order valence-corrected chi connectivity index (χ0v) is 20.2. The van der Waals surface area contributed by atoms with Crippen LogP contribution in [0.1, 0.15) is 69.3 Å². The lowest BCUT2D eigenvalue weighted by Crippen LogP contribution is -2.42. The van der Waals surface area contributed by atoms with E-state index >= 15 is 0 Å². The van der Waals surface area contributed by atoms with Crippen molar-refractivity contribution in [1.82, 2.24) is 9.55 Å². The standard InChI is InChI=1S/C26H35N3O5/c1-16-6-7-20-21(28(16)26(32)33-2)8-9-22-24(20)27-23(14-17-10-12-34-13-11-17)29(22)19-5-3-4-18(15-19)25(30)31/h8-9,16-19H,3-7,10-15H2,1-2H3,(H,30,31)/t16?,18-,19-/m1/s1. The van der Waals surface area contributed by atoms with Gasteiger partial charge in [-0.1, -0.05) is 6.42 Å². The van der Waals surface area contributed by atoms with Gasteiger partial charge in [-0.3, -0.25) is 9.69 Å². The maximum Gasteiger partial charge on any atom is 0.414 e. The second-order valence-corrected chi connectivity index (χ2v) is 10.2. The van der Waals surface area contributed by atoms with Crippen LogP contribution < -0.4 is 4.90 Å². The summed E-state index contributed by atoms with van der Waals surface area (Å²) in [6, 6.07) is 4.30. The topological polar surface area (TPSA) is 93.9 Å². The Bertz CT molecular complexity index is 1070. The number of aromatic nitrogens is 2. The Balaban J connectivity index is 1.60. The number of aliphatic carboxylic acids is 1. The molecule has 1 saturated carbocycles. The summed E-state index contributed by atoms with van der Waals surface area (Å²) in [5.74, 6) is 0.570. The molecule has 1 unspecified atom stereocenters. The van der Waals surface area contributed by atoms with Crippen molar-refractivity contribution in [2.45, 2.75) is 76.8 Å². The first-order valence-corrected chi connectivity index (χ1v) is 12.7. The number of benzene rings is 1. The molecule has 1 aromatic carbocycles. The summed E-state index contributed by atoms with van der Waals surface area (Å²) in [6.07, 6.45) is 7.57. The first-order valence-electron chi connectivity index (χ1n) is 12.7. The van der Waals surface area contributed by atoms with E-state index in [0.717, 1.165) is 92.7 Å². The molecule has 3 heterocycles. The summed E-state index contributed by atoms with van der Waals surface area (Å²) in [4.78, 5) is 31.3. The molecular weight excluding hydrogens is 434 g/mol. The molecule has 3 aliphatic rings. The van der Waals surface area contributed by atoms with Crippen molar-refractivity contribution in [2.24, 2.45) is 11.8 Å². The number of hydrogen-bond donors (Lipinski definition) is 1. The van der Waals surface area contributed by atoms with Crippen LogP contribution in [0.3, 0.4) is 0 Å². The highest BCUT2D eigenvalue weighted by molar-refractivity contribution is 5.95. The van der Waals surface area contributed by atoms with Gasteiger partial charge in [0.1, 0.15) is 5.82 Å². The van der Waals surface area contributed by atoms with E-state index in [4.69, 9.17) is 14.5 Å². The number of fused-ring (bicyclic) bond motifs is 3. The summed E-state index contributed by atoms with van der Waals surface area (Å²) in [6.45, 7) is 3.63. The SMILES string of the molecule is COC(=O)N1c2ccc3c(nc(CC4CCOCC4)n3[C@@H]3CCC[C@@H](C(=O)O)C3)c2CCC1C. The Labute approximate surface area is 200 Å². The van der Waals surface area contributed by atoms with Crippen LogP contribution in [0.4, 0.5) is 10.5 Å². The van der Waals surface area contributed by atoms with Crippen molar-refractivity contribution in [2.75, 3.05) is 25.2 Å². The van der Waals surface area contributed by atoms with Crippen LogP contribution in [0.15, 0.2) is 12.1 Å². The van der Waals surface area contributed by atoms with E-state index in [9.17, 15) is 14.7 Å². The van der Waals surface area contributed by atoms with Crippen LogP contribution in [-0.4, -0.2) is 53.1 Å². The van der Waals surface area contributed by atoms with E-state index < -0.39 is 5.97 Å². The molecule has 34 heavy (non-hydrogen) atoms. The maximum atomic E-state index is 12.6. The van der Waals surface area contributed by atoms with Gasteiger partial charge in [0.25, 0.3) is 0 Å². The van der Waals surface area contributed by atoms with Crippen molar-refractivity contribution in [3.8, 4) is 0 Å². The molecular formula is C26H35N3O5. The Morgan fingerprint density at radius 2 is 1.97 bits per heavy atom. The minimum atomic E-state index is -0.694. The molecule has 1 N–H and O–H groups in total. The summed E-state index contributed by atoms with van der Waals surface area (Å²) in [5.41, 5.74) is 4.00. The van der Waals surface area contributed by atoms with Crippen LogP contribution in [0.25, 0.3) is 11.0 Å². The first kappa shape index (κ1) is 23.1. The van der Waals surface area contributed by atoms with Gasteiger partial charge in [0.15, 0.2) is 0 Å². The molecule has 8 nitrogen and oxygen atoms in total. The van der Waals surface area contributed by atoms with Gasteiger partial charge in [-0.05, 0) is 69.9 Å². The van der Waals surface area contributed by atoms with E-state index in [1.807, 2.05) is 13.0 Å². The van der Waals surface area contributed by atoms with Crippen LogP contribution >= 0.6 is 0 Å². The van der Waals surface area contributed by atoms with Gasteiger partial charge in [0.05, 0.1) is 29.7 Å². The third-order valence-corrected chi connectivity index (χ3v) is 8.07. The van der Waals surface area contributed by atoms with Crippen LogP contribution in [-0.2, 0) is 27.1 Å². The molecule has 5 rings (SSSR count). The number of ether oxygens (including phenoxy) is 2. The number of amides is 1. The molecule has 184 valence electrons. The first-order chi connectivity index (χ1) is 16.5. The number of carboxylic acids is 1. The lowest BCUT2D eigenvalue weighted by molar-refractivity contribution is -0.143. The number of rotatable bonds is 4. The molecule has 3 atom stereocenters. The Morgan fingerprint density at radius 3 is 2.71 bits per heavy atom. The Morgan fingerprint density at radius 1 is 1.18 bits per heavy atom. The van der Waals surface area contributed by atoms with Crippen molar-refractivity contribution >= 4 is 28.8 Å². The Kier molecular flexibility index (Phi) is 6.51. The number of methoxy groups -OCH3 is 1. The van der Waals surface area contributed by atoms with E-state index in [1.165, 1.54) is 7.11 Å². The van der Waals surface area contributed by atoms with Crippen molar-refractivity contribution in [3.63, 3.8) is 0 Å². The van der Waals surface area contributed by atoms with E-state index in [2.05, 4.69) is 10.6 Å². The molecule has 2 aromatic rings. The average Bonchev–Trinajstić information content (AvgIpc) is 3.22. The normalized spacial score (nSPS) is 25.8. The summed E-state index contributed by atoms with van der Waals surface area (Å²) in [7, 11) is 1.42.